The lowest BCUT2D eigenvalue weighted by Crippen LogP contribution is -2.15. The van der Waals surface area contributed by atoms with E-state index in [0.29, 0.717) is 12.3 Å². The highest BCUT2D eigenvalue weighted by Crippen LogP contribution is 2.20. The Morgan fingerprint density at radius 2 is 2.10 bits per heavy atom. The average Bonchev–Trinajstić information content (AvgIpc) is 2.43. The Bertz CT molecular complexity index is 644. The van der Waals surface area contributed by atoms with Crippen molar-refractivity contribution in [1.82, 2.24) is 4.98 Å². The largest absolute Gasteiger partial charge is 0.493 e. The molecule has 21 heavy (non-hydrogen) atoms. The molecule has 0 spiro atoms. The van der Waals surface area contributed by atoms with Crippen LogP contribution >= 0.6 is 11.6 Å². The minimum absolute atomic E-state index is 0.156. The van der Waals surface area contributed by atoms with Crippen LogP contribution in [0.1, 0.15) is 17.5 Å². The van der Waals surface area contributed by atoms with E-state index in [1.165, 1.54) is 0 Å². The van der Waals surface area contributed by atoms with Crippen molar-refractivity contribution in [3.8, 4) is 5.75 Å². The molecule has 0 bridgehead atoms. The molecule has 2 aromatic rings. The van der Waals surface area contributed by atoms with Gasteiger partial charge in [-0.1, -0.05) is 23.7 Å². The van der Waals surface area contributed by atoms with Gasteiger partial charge in [-0.3, -0.25) is 4.79 Å². The third kappa shape index (κ3) is 4.76. The third-order valence-corrected chi connectivity index (χ3v) is 3.14. The molecule has 1 amide bonds. The van der Waals surface area contributed by atoms with Crippen LogP contribution < -0.4 is 10.1 Å². The molecule has 0 saturated heterocycles. The van der Waals surface area contributed by atoms with Crippen LogP contribution in [0.4, 0.5) is 5.69 Å². The number of hydrogen-bond acceptors (Lipinski definition) is 3. The number of hydrogen-bond donors (Lipinski definition) is 1. The Morgan fingerprint density at radius 1 is 1.29 bits per heavy atom. The van der Waals surface area contributed by atoms with E-state index in [2.05, 4.69) is 10.3 Å². The van der Waals surface area contributed by atoms with Gasteiger partial charge in [0.05, 0.1) is 18.7 Å². The number of rotatable bonds is 5. The SMILES string of the molecule is Cc1cccc(OCCC(=O)Nc2cc(C)cnc2Cl)c1. The number of nitrogens with one attached hydrogen (secondary N) is 1. The summed E-state index contributed by atoms with van der Waals surface area (Å²) in [4.78, 5) is 15.8. The molecule has 1 N–H and O–H groups in total. The third-order valence-electron chi connectivity index (χ3n) is 2.84. The summed E-state index contributed by atoms with van der Waals surface area (Å²) in [6.45, 7) is 4.19. The molecule has 110 valence electrons. The molecule has 0 saturated carbocycles. The molecule has 1 heterocycles. The van der Waals surface area contributed by atoms with E-state index in [9.17, 15) is 4.79 Å². The Labute approximate surface area is 129 Å². The maximum Gasteiger partial charge on any atom is 0.227 e. The normalized spacial score (nSPS) is 10.2. The fourth-order valence-corrected chi connectivity index (χ4v) is 1.97. The summed E-state index contributed by atoms with van der Waals surface area (Å²) >= 11 is 5.93. The van der Waals surface area contributed by atoms with Gasteiger partial charge in [0, 0.05) is 6.20 Å². The molecule has 0 radical (unpaired) electrons. The molecular weight excluding hydrogens is 288 g/mol. The van der Waals surface area contributed by atoms with E-state index in [0.717, 1.165) is 16.9 Å². The number of halogens is 1. The fraction of sp³-hybridized carbons (Fsp3) is 0.250. The lowest BCUT2D eigenvalue weighted by atomic mass is 10.2. The van der Waals surface area contributed by atoms with Crippen LogP contribution in [0.15, 0.2) is 36.5 Å². The first-order chi connectivity index (χ1) is 10.0. The molecule has 1 aromatic heterocycles. The summed E-state index contributed by atoms with van der Waals surface area (Å²) in [6.07, 6.45) is 1.90. The summed E-state index contributed by atoms with van der Waals surface area (Å²) in [5, 5.41) is 3.02. The van der Waals surface area contributed by atoms with Crippen LogP contribution in [-0.2, 0) is 4.79 Å². The highest BCUT2D eigenvalue weighted by atomic mass is 35.5. The van der Waals surface area contributed by atoms with E-state index < -0.39 is 0 Å². The van der Waals surface area contributed by atoms with Gasteiger partial charge in [0.25, 0.3) is 0 Å². The zero-order chi connectivity index (χ0) is 15.2. The number of aromatic nitrogens is 1. The number of carbonyl (C=O) groups excluding carboxylic acids is 1. The second kappa shape index (κ2) is 7.09. The second-order valence-electron chi connectivity index (χ2n) is 4.81. The molecule has 0 unspecified atom stereocenters. The first kappa shape index (κ1) is 15.3. The molecule has 0 atom stereocenters. The molecular formula is C16H17ClN2O2. The minimum atomic E-state index is -0.156. The van der Waals surface area contributed by atoms with E-state index in [1.807, 2.05) is 38.1 Å². The predicted molar refractivity (Wildman–Crippen MR) is 83.9 cm³/mol. The lowest BCUT2D eigenvalue weighted by molar-refractivity contribution is -0.116. The van der Waals surface area contributed by atoms with Gasteiger partial charge in [-0.05, 0) is 43.2 Å². The van der Waals surface area contributed by atoms with Crippen LogP contribution in [-0.4, -0.2) is 17.5 Å². The van der Waals surface area contributed by atoms with Crippen molar-refractivity contribution < 1.29 is 9.53 Å². The Balaban J connectivity index is 1.84. The van der Waals surface area contributed by atoms with E-state index in [4.69, 9.17) is 16.3 Å². The first-order valence-electron chi connectivity index (χ1n) is 6.66. The summed E-state index contributed by atoms with van der Waals surface area (Å²) in [5.41, 5.74) is 2.58. The predicted octanol–water partition coefficient (Wildman–Crippen LogP) is 3.76. The van der Waals surface area contributed by atoms with Gasteiger partial charge in [-0.15, -0.1) is 0 Å². The van der Waals surface area contributed by atoms with Crippen molar-refractivity contribution in [3.05, 3.63) is 52.8 Å². The molecule has 2 rings (SSSR count). The summed E-state index contributed by atoms with van der Waals surface area (Å²) in [7, 11) is 0. The smallest absolute Gasteiger partial charge is 0.227 e. The van der Waals surface area contributed by atoms with Crippen molar-refractivity contribution >= 4 is 23.2 Å². The minimum Gasteiger partial charge on any atom is -0.493 e. The van der Waals surface area contributed by atoms with Crippen molar-refractivity contribution in [2.45, 2.75) is 20.3 Å². The number of amides is 1. The van der Waals surface area contributed by atoms with Crippen molar-refractivity contribution in [1.29, 1.82) is 0 Å². The zero-order valence-corrected chi connectivity index (χ0v) is 12.8. The van der Waals surface area contributed by atoms with Crippen molar-refractivity contribution in [2.24, 2.45) is 0 Å². The number of benzene rings is 1. The quantitative estimate of drug-likeness (QED) is 0.856. The van der Waals surface area contributed by atoms with Crippen molar-refractivity contribution in [2.75, 3.05) is 11.9 Å². The van der Waals surface area contributed by atoms with Gasteiger partial charge in [-0.25, -0.2) is 4.98 Å². The monoisotopic (exact) mass is 304 g/mol. The molecule has 0 aliphatic heterocycles. The maximum atomic E-state index is 11.9. The Kier molecular flexibility index (Phi) is 5.17. The topological polar surface area (TPSA) is 51.2 Å². The number of pyridine rings is 1. The number of carbonyl (C=O) groups is 1. The van der Waals surface area contributed by atoms with E-state index in [-0.39, 0.29) is 17.5 Å². The van der Waals surface area contributed by atoms with Gasteiger partial charge >= 0.3 is 0 Å². The summed E-state index contributed by atoms with van der Waals surface area (Å²) < 4.78 is 5.54. The first-order valence-corrected chi connectivity index (χ1v) is 7.04. The highest BCUT2D eigenvalue weighted by molar-refractivity contribution is 6.32. The second-order valence-corrected chi connectivity index (χ2v) is 5.17. The molecule has 0 aliphatic carbocycles. The van der Waals surface area contributed by atoms with Crippen LogP contribution in [0.3, 0.4) is 0 Å². The number of ether oxygens (including phenoxy) is 1. The van der Waals surface area contributed by atoms with E-state index in [1.54, 1.807) is 12.3 Å². The highest BCUT2D eigenvalue weighted by Gasteiger charge is 2.07. The molecule has 0 fully saturated rings. The van der Waals surface area contributed by atoms with Crippen LogP contribution in [0.2, 0.25) is 5.15 Å². The van der Waals surface area contributed by atoms with Gasteiger partial charge in [0.15, 0.2) is 5.15 Å². The molecule has 5 heteroatoms. The number of aryl methyl sites for hydroxylation is 2. The Morgan fingerprint density at radius 3 is 2.86 bits per heavy atom. The summed E-state index contributed by atoms with van der Waals surface area (Å²) in [5.74, 6) is 0.606. The standard InChI is InChI=1S/C16H17ClN2O2/c1-11-4-3-5-13(8-11)21-7-6-15(20)19-14-9-12(2)10-18-16(14)17/h3-5,8-10H,6-7H2,1-2H3,(H,19,20). The molecule has 1 aromatic carbocycles. The van der Waals surface area contributed by atoms with Crippen LogP contribution in [0.5, 0.6) is 5.75 Å². The average molecular weight is 305 g/mol. The lowest BCUT2D eigenvalue weighted by Gasteiger charge is -2.09. The summed E-state index contributed by atoms with van der Waals surface area (Å²) in [6, 6.07) is 9.50. The Hall–Kier alpha value is -2.07. The van der Waals surface area contributed by atoms with Crippen LogP contribution in [0.25, 0.3) is 0 Å². The van der Waals surface area contributed by atoms with Gasteiger partial charge in [0.1, 0.15) is 5.75 Å². The number of nitrogens with zero attached hydrogens (tertiary/aromatic N) is 1. The van der Waals surface area contributed by atoms with E-state index >= 15 is 0 Å². The fourth-order valence-electron chi connectivity index (χ4n) is 1.82. The van der Waals surface area contributed by atoms with Crippen molar-refractivity contribution in [3.63, 3.8) is 0 Å². The van der Waals surface area contributed by atoms with Gasteiger partial charge < -0.3 is 10.1 Å². The van der Waals surface area contributed by atoms with Crippen LogP contribution in [0, 0.1) is 13.8 Å². The molecule has 0 aliphatic rings. The maximum absolute atomic E-state index is 11.9. The number of anilines is 1. The van der Waals surface area contributed by atoms with Gasteiger partial charge in [0.2, 0.25) is 5.91 Å². The zero-order valence-electron chi connectivity index (χ0n) is 12.0. The van der Waals surface area contributed by atoms with Gasteiger partial charge in [-0.2, -0.15) is 0 Å². The molecule has 4 nitrogen and oxygen atoms in total.